The van der Waals surface area contributed by atoms with Gasteiger partial charge in [0.25, 0.3) is 0 Å². The molecular weight excluding hydrogens is 284 g/mol. The van der Waals surface area contributed by atoms with Crippen LogP contribution in [0.1, 0.15) is 30.7 Å². The molecule has 1 aromatic rings. The highest BCUT2D eigenvalue weighted by molar-refractivity contribution is 7.09. The van der Waals surface area contributed by atoms with Gasteiger partial charge in [-0.05, 0) is 31.6 Å². The highest BCUT2D eigenvalue weighted by Gasteiger charge is 2.26. The number of aliphatic imine (C=N–C) groups is 1. The first-order chi connectivity index (χ1) is 10.3. The van der Waals surface area contributed by atoms with Crippen LogP contribution in [0.4, 0.5) is 0 Å². The number of thiazole rings is 1. The SMILES string of the molecule is CN=C(NCc1nccs1)N1CCC(OCC2CC2)CC1. The van der Waals surface area contributed by atoms with Crippen molar-refractivity contribution < 1.29 is 4.74 Å². The van der Waals surface area contributed by atoms with Crippen LogP contribution in [0.25, 0.3) is 0 Å². The Morgan fingerprint density at radius 3 is 2.86 bits per heavy atom. The Hall–Kier alpha value is -1.14. The Bertz CT molecular complexity index is 450. The molecule has 0 atom stereocenters. The van der Waals surface area contributed by atoms with Crippen molar-refractivity contribution in [2.24, 2.45) is 10.9 Å². The van der Waals surface area contributed by atoms with Crippen molar-refractivity contribution in [1.82, 2.24) is 15.2 Å². The number of nitrogens with zero attached hydrogens (tertiary/aromatic N) is 3. The van der Waals surface area contributed by atoms with E-state index in [-0.39, 0.29) is 0 Å². The minimum absolute atomic E-state index is 0.443. The number of likely N-dealkylation sites (tertiary alicyclic amines) is 1. The molecular formula is C15H24N4OS. The highest BCUT2D eigenvalue weighted by Crippen LogP contribution is 2.30. The van der Waals surface area contributed by atoms with E-state index < -0.39 is 0 Å². The average molecular weight is 308 g/mol. The van der Waals surface area contributed by atoms with E-state index in [2.05, 4.69) is 20.2 Å². The molecule has 0 radical (unpaired) electrons. The molecule has 0 aromatic carbocycles. The number of piperidine rings is 1. The number of rotatable bonds is 5. The fourth-order valence-electron chi connectivity index (χ4n) is 2.62. The van der Waals surface area contributed by atoms with Crippen LogP contribution in [0.2, 0.25) is 0 Å². The zero-order chi connectivity index (χ0) is 14.5. The monoisotopic (exact) mass is 308 g/mol. The van der Waals surface area contributed by atoms with E-state index in [9.17, 15) is 0 Å². The van der Waals surface area contributed by atoms with Crippen LogP contribution in [0.5, 0.6) is 0 Å². The molecule has 2 heterocycles. The summed E-state index contributed by atoms with van der Waals surface area (Å²) >= 11 is 1.67. The van der Waals surface area contributed by atoms with E-state index in [1.165, 1.54) is 12.8 Å². The van der Waals surface area contributed by atoms with Gasteiger partial charge in [-0.3, -0.25) is 4.99 Å². The van der Waals surface area contributed by atoms with Crippen molar-refractivity contribution >= 4 is 17.3 Å². The maximum absolute atomic E-state index is 5.99. The quantitative estimate of drug-likeness (QED) is 0.668. The van der Waals surface area contributed by atoms with E-state index in [1.807, 2.05) is 18.6 Å². The maximum atomic E-state index is 5.99. The van der Waals surface area contributed by atoms with Crippen LogP contribution < -0.4 is 5.32 Å². The third-order valence-corrected chi connectivity index (χ3v) is 4.88. The lowest BCUT2D eigenvalue weighted by Crippen LogP contribution is -2.46. The van der Waals surface area contributed by atoms with Gasteiger partial charge in [-0.1, -0.05) is 0 Å². The molecule has 1 aliphatic heterocycles. The molecule has 116 valence electrons. The predicted molar refractivity (Wildman–Crippen MR) is 85.6 cm³/mol. The van der Waals surface area contributed by atoms with Crippen LogP contribution in [-0.4, -0.2) is 48.7 Å². The first kappa shape index (κ1) is 14.8. The Morgan fingerprint density at radius 2 is 2.24 bits per heavy atom. The van der Waals surface area contributed by atoms with Gasteiger partial charge >= 0.3 is 0 Å². The van der Waals surface area contributed by atoms with E-state index in [0.29, 0.717) is 6.10 Å². The summed E-state index contributed by atoms with van der Waals surface area (Å²) < 4.78 is 5.99. The van der Waals surface area contributed by atoms with Crippen LogP contribution in [0, 0.1) is 5.92 Å². The molecule has 1 saturated heterocycles. The van der Waals surface area contributed by atoms with Crippen LogP contribution in [0.3, 0.4) is 0 Å². The van der Waals surface area contributed by atoms with Gasteiger partial charge in [0.1, 0.15) is 5.01 Å². The van der Waals surface area contributed by atoms with Gasteiger partial charge in [0.05, 0.1) is 12.6 Å². The number of ether oxygens (including phenoxy) is 1. The third-order valence-electron chi connectivity index (χ3n) is 4.10. The molecule has 2 fully saturated rings. The molecule has 2 aliphatic rings. The van der Waals surface area contributed by atoms with Gasteiger partial charge in [0.15, 0.2) is 5.96 Å². The predicted octanol–water partition coefficient (Wildman–Crippen LogP) is 2.11. The lowest BCUT2D eigenvalue weighted by Gasteiger charge is -2.34. The summed E-state index contributed by atoms with van der Waals surface area (Å²) in [4.78, 5) is 11.0. The summed E-state index contributed by atoms with van der Waals surface area (Å²) in [6.45, 7) is 3.77. The van der Waals surface area contributed by atoms with Crippen LogP contribution in [0.15, 0.2) is 16.6 Å². The molecule has 1 aliphatic carbocycles. The fourth-order valence-corrected chi connectivity index (χ4v) is 3.17. The summed E-state index contributed by atoms with van der Waals surface area (Å²) in [5.41, 5.74) is 0. The molecule has 0 spiro atoms. The van der Waals surface area contributed by atoms with Crippen molar-refractivity contribution in [2.75, 3.05) is 26.7 Å². The second-order valence-electron chi connectivity index (χ2n) is 5.79. The molecule has 5 nitrogen and oxygen atoms in total. The topological polar surface area (TPSA) is 49.8 Å². The number of hydrogen-bond acceptors (Lipinski definition) is 4. The minimum Gasteiger partial charge on any atom is -0.378 e. The first-order valence-electron chi connectivity index (χ1n) is 7.80. The Kier molecular flexibility index (Phi) is 5.08. The zero-order valence-corrected chi connectivity index (χ0v) is 13.4. The van der Waals surface area contributed by atoms with Gasteiger partial charge in [-0.2, -0.15) is 0 Å². The lowest BCUT2D eigenvalue weighted by atomic mass is 10.1. The first-order valence-corrected chi connectivity index (χ1v) is 8.68. The van der Waals surface area contributed by atoms with Gasteiger partial charge < -0.3 is 15.0 Å². The van der Waals surface area contributed by atoms with Crippen molar-refractivity contribution in [3.63, 3.8) is 0 Å². The van der Waals surface area contributed by atoms with Gasteiger partial charge in [-0.25, -0.2) is 4.98 Å². The standard InChI is InChI=1S/C15H24N4OS/c1-16-15(18-10-14-17-6-9-21-14)19-7-4-13(5-8-19)20-11-12-2-3-12/h6,9,12-13H,2-5,7-8,10-11H2,1H3,(H,16,18). The van der Waals surface area contributed by atoms with Crippen molar-refractivity contribution in [3.05, 3.63) is 16.6 Å². The molecule has 21 heavy (non-hydrogen) atoms. The lowest BCUT2D eigenvalue weighted by molar-refractivity contribution is 0.0131. The third kappa shape index (κ3) is 4.41. The summed E-state index contributed by atoms with van der Waals surface area (Å²) in [6, 6.07) is 0. The molecule has 0 unspecified atom stereocenters. The summed E-state index contributed by atoms with van der Waals surface area (Å²) in [6.07, 6.45) is 7.22. The van der Waals surface area contributed by atoms with Crippen LogP contribution in [-0.2, 0) is 11.3 Å². The molecule has 0 amide bonds. The zero-order valence-electron chi connectivity index (χ0n) is 12.6. The van der Waals surface area contributed by atoms with Gasteiger partial charge in [0, 0.05) is 38.3 Å². The molecule has 1 aromatic heterocycles. The van der Waals surface area contributed by atoms with Gasteiger partial charge in [-0.15, -0.1) is 11.3 Å². The van der Waals surface area contributed by atoms with Crippen LogP contribution >= 0.6 is 11.3 Å². The number of hydrogen-bond donors (Lipinski definition) is 1. The maximum Gasteiger partial charge on any atom is 0.193 e. The Morgan fingerprint density at radius 1 is 1.43 bits per heavy atom. The second-order valence-corrected chi connectivity index (χ2v) is 6.77. The van der Waals surface area contributed by atoms with Crippen molar-refractivity contribution in [1.29, 1.82) is 0 Å². The number of aromatic nitrogens is 1. The number of nitrogens with one attached hydrogen (secondary N) is 1. The Labute approximate surface area is 130 Å². The summed E-state index contributed by atoms with van der Waals surface area (Å²) in [5, 5.41) is 6.50. The largest absolute Gasteiger partial charge is 0.378 e. The normalized spacial score (nSPS) is 20.8. The van der Waals surface area contributed by atoms with E-state index >= 15 is 0 Å². The van der Waals surface area contributed by atoms with Crippen molar-refractivity contribution in [3.8, 4) is 0 Å². The summed E-state index contributed by atoms with van der Waals surface area (Å²) in [7, 11) is 1.85. The van der Waals surface area contributed by atoms with E-state index in [4.69, 9.17) is 4.74 Å². The highest BCUT2D eigenvalue weighted by atomic mass is 32.1. The molecule has 1 N–H and O–H groups in total. The van der Waals surface area contributed by atoms with E-state index in [1.54, 1.807) is 11.3 Å². The molecule has 3 rings (SSSR count). The molecule has 1 saturated carbocycles. The minimum atomic E-state index is 0.443. The molecule has 6 heteroatoms. The number of guanidine groups is 1. The summed E-state index contributed by atoms with van der Waals surface area (Å²) in [5.74, 6) is 1.83. The second kappa shape index (κ2) is 7.22. The average Bonchev–Trinajstić information content (AvgIpc) is 3.21. The smallest absolute Gasteiger partial charge is 0.193 e. The molecule has 0 bridgehead atoms. The van der Waals surface area contributed by atoms with Gasteiger partial charge in [0.2, 0.25) is 0 Å². The fraction of sp³-hybridized carbons (Fsp3) is 0.733. The van der Waals surface area contributed by atoms with E-state index in [0.717, 1.165) is 56.0 Å². The Balaban J connectivity index is 1.40. The van der Waals surface area contributed by atoms with Crippen molar-refractivity contribution in [2.45, 2.75) is 38.3 Å².